The maximum atomic E-state index is 14.5. The molecule has 0 bridgehead atoms. The molecule has 5 rings (SSSR count). The van der Waals surface area contributed by atoms with Crippen molar-refractivity contribution in [1.82, 2.24) is 0 Å². The topological polar surface area (TPSA) is 17.1 Å². The van der Waals surface area contributed by atoms with Crippen molar-refractivity contribution >= 4 is 29.0 Å². The highest BCUT2D eigenvalue weighted by Gasteiger charge is 2.56. The van der Waals surface area contributed by atoms with E-state index in [0.717, 1.165) is 11.1 Å². The predicted octanol–water partition coefficient (Wildman–Crippen LogP) is 3.61. The molecule has 0 aliphatic rings. The smallest absolute Gasteiger partial charge is 0.208 e. The minimum absolute atomic E-state index is 0. The quantitative estimate of drug-likeness (QED) is 0.229. The molecule has 5 aromatic carbocycles. The van der Waals surface area contributed by atoms with Crippen LogP contribution in [-0.2, 0) is 0 Å². The molecule has 0 aliphatic heterocycles. The monoisotopic (exact) mass is 536 g/mol. The predicted molar refractivity (Wildman–Crippen MR) is 145 cm³/mol. The van der Waals surface area contributed by atoms with Crippen LogP contribution in [0.5, 0.6) is 0 Å². The Morgan fingerprint density at radius 3 is 1.14 bits per heavy atom. The average molecular weight is 537 g/mol. The van der Waals surface area contributed by atoms with Crippen LogP contribution < -0.4 is 32.9 Å². The van der Waals surface area contributed by atoms with Crippen LogP contribution in [0.15, 0.2) is 152 Å². The van der Waals surface area contributed by atoms with Gasteiger partial charge in [0.25, 0.3) is 0 Å². The molecule has 1 atom stereocenters. The third-order valence-corrected chi connectivity index (χ3v) is 10.9. The number of carbonyl (C=O) groups is 1. The molecule has 3 heteroatoms. The molecular weight excluding hydrogens is 511 g/mol. The van der Waals surface area contributed by atoms with Gasteiger partial charge in [-0.1, -0.05) is 115 Å². The molecule has 1 unspecified atom stereocenters. The third-order valence-electron chi connectivity index (χ3n) is 6.30. The van der Waals surface area contributed by atoms with Gasteiger partial charge < -0.3 is 17.0 Å². The molecule has 1 nitrogen and oxygen atoms in total. The molecule has 172 valence electrons. The highest BCUT2D eigenvalue weighted by molar-refractivity contribution is 7.96. The van der Waals surface area contributed by atoms with Crippen LogP contribution >= 0.6 is 7.26 Å². The van der Waals surface area contributed by atoms with Crippen molar-refractivity contribution in [3.05, 3.63) is 163 Å². The minimum atomic E-state index is -2.46. The van der Waals surface area contributed by atoms with Gasteiger partial charge in [0.05, 0.1) is 0 Å². The summed E-state index contributed by atoms with van der Waals surface area (Å²) < 4.78 is 0. The van der Waals surface area contributed by atoms with Crippen molar-refractivity contribution in [2.45, 2.75) is 5.66 Å². The fourth-order valence-electron chi connectivity index (χ4n) is 4.83. The maximum Gasteiger partial charge on any atom is 0.208 e. The van der Waals surface area contributed by atoms with Crippen LogP contribution in [0, 0.1) is 0 Å². The number of benzene rings is 5. The van der Waals surface area contributed by atoms with E-state index in [9.17, 15) is 4.79 Å². The van der Waals surface area contributed by atoms with E-state index >= 15 is 0 Å². The first kappa shape index (κ1) is 24.8. The van der Waals surface area contributed by atoms with Crippen LogP contribution in [0.3, 0.4) is 0 Å². The van der Waals surface area contributed by atoms with E-state index in [2.05, 4.69) is 84.9 Å². The lowest BCUT2D eigenvalue weighted by Gasteiger charge is -2.34. The Morgan fingerprint density at radius 2 is 0.771 bits per heavy atom. The van der Waals surface area contributed by atoms with Gasteiger partial charge >= 0.3 is 0 Å². The van der Waals surface area contributed by atoms with Gasteiger partial charge in [0.2, 0.25) is 5.78 Å². The molecule has 0 saturated carbocycles. The summed E-state index contributed by atoms with van der Waals surface area (Å²) in [5.41, 5.74) is 1.42. The first-order chi connectivity index (χ1) is 16.8. The van der Waals surface area contributed by atoms with Crippen LogP contribution in [0.4, 0.5) is 0 Å². The molecule has 0 aromatic heterocycles. The zero-order chi connectivity index (χ0) is 23.2. The standard InChI is InChI=1S/C32H26OP.BrH/c33-31(26-16-6-1-7-17-26)32(27-18-8-2-9-19-27)34(28-20-10-3-11-21-28,29-22-12-4-13-23-29)30-24-14-5-15-25-30;/h1-25,32H;1H/q+1;/p-1. The second kappa shape index (κ2) is 11.4. The summed E-state index contributed by atoms with van der Waals surface area (Å²) in [7, 11) is -2.46. The molecule has 5 aromatic rings. The number of halogens is 1. The average Bonchev–Trinajstić information content (AvgIpc) is 2.94. The summed E-state index contributed by atoms with van der Waals surface area (Å²) in [5.74, 6) is 0.150. The van der Waals surface area contributed by atoms with Gasteiger partial charge in [-0.3, -0.25) is 4.79 Å². The van der Waals surface area contributed by atoms with Crippen molar-refractivity contribution < 1.29 is 21.8 Å². The fraction of sp³-hybridized carbons (Fsp3) is 0.0312. The Hall–Kier alpha value is -3.32. The van der Waals surface area contributed by atoms with Crippen LogP contribution in [0.25, 0.3) is 0 Å². The van der Waals surface area contributed by atoms with Crippen molar-refractivity contribution in [1.29, 1.82) is 0 Å². The van der Waals surface area contributed by atoms with E-state index < -0.39 is 7.26 Å². The van der Waals surface area contributed by atoms with E-state index in [1.54, 1.807) is 0 Å². The van der Waals surface area contributed by atoms with Gasteiger partial charge in [-0.05, 0) is 36.4 Å². The molecule has 35 heavy (non-hydrogen) atoms. The largest absolute Gasteiger partial charge is 1.00 e. The van der Waals surface area contributed by atoms with E-state index in [4.69, 9.17) is 0 Å². The number of rotatable bonds is 7. The van der Waals surface area contributed by atoms with Gasteiger partial charge in [0.1, 0.15) is 23.2 Å². The molecule has 0 saturated heterocycles. The van der Waals surface area contributed by atoms with Crippen LogP contribution in [0.1, 0.15) is 21.6 Å². The molecular formula is C32H26BrOP. The van der Waals surface area contributed by atoms with Gasteiger partial charge in [-0.2, -0.15) is 0 Å². The van der Waals surface area contributed by atoms with Gasteiger partial charge in [0.15, 0.2) is 5.66 Å². The molecule has 0 heterocycles. The fourth-order valence-corrected chi connectivity index (χ4v) is 9.67. The first-order valence-corrected chi connectivity index (χ1v) is 13.4. The molecule has 0 fully saturated rings. The lowest BCUT2D eigenvalue weighted by atomic mass is 10.0. The minimum Gasteiger partial charge on any atom is -1.00 e. The maximum absolute atomic E-state index is 14.5. The van der Waals surface area contributed by atoms with Crippen molar-refractivity contribution in [2.24, 2.45) is 0 Å². The van der Waals surface area contributed by atoms with Crippen molar-refractivity contribution in [3.63, 3.8) is 0 Å². The van der Waals surface area contributed by atoms with Crippen molar-refractivity contribution in [3.8, 4) is 0 Å². The lowest BCUT2D eigenvalue weighted by Crippen LogP contribution is -3.00. The molecule has 0 N–H and O–H groups in total. The number of Topliss-reactive ketones (excluding diaryl/α,β-unsaturated/α-hetero) is 1. The van der Waals surface area contributed by atoms with E-state index in [1.165, 1.54) is 15.9 Å². The summed E-state index contributed by atoms with van der Waals surface area (Å²) >= 11 is 0. The highest BCUT2D eigenvalue weighted by Crippen LogP contribution is 2.67. The first-order valence-electron chi connectivity index (χ1n) is 11.5. The summed E-state index contributed by atoms with van der Waals surface area (Å²) in [5, 5.41) is 3.60. The molecule has 0 spiro atoms. The molecule has 0 radical (unpaired) electrons. The molecule has 0 amide bonds. The van der Waals surface area contributed by atoms with E-state index in [0.29, 0.717) is 0 Å². The third kappa shape index (κ3) is 4.78. The number of ketones is 1. The SMILES string of the molecule is O=C(c1ccccc1)C(c1ccccc1)[P+](c1ccccc1)(c1ccccc1)c1ccccc1.[Br-]. The van der Waals surface area contributed by atoms with Crippen molar-refractivity contribution in [2.75, 3.05) is 0 Å². The zero-order valence-corrected chi connectivity index (χ0v) is 21.7. The van der Waals surface area contributed by atoms with Crippen LogP contribution in [-0.4, -0.2) is 5.78 Å². The van der Waals surface area contributed by atoms with Crippen LogP contribution in [0.2, 0.25) is 0 Å². The molecule has 0 aliphatic carbocycles. The van der Waals surface area contributed by atoms with E-state index in [-0.39, 0.29) is 28.4 Å². The zero-order valence-electron chi connectivity index (χ0n) is 19.2. The highest BCUT2D eigenvalue weighted by atomic mass is 79.9. The second-order valence-electron chi connectivity index (χ2n) is 8.27. The number of hydrogen-bond acceptors (Lipinski definition) is 1. The Kier molecular flexibility index (Phi) is 8.08. The summed E-state index contributed by atoms with van der Waals surface area (Å²) in [4.78, 5) is 14.5. The summed E-state index contributed by atoms with van der Waals surface area (Å²) in [6.07, 6.45) is 0. The Morgan fingerprint density at radius 1 is 0.457 bits per heavy atom. The second-order valence-corrected chi connectivity index (χ2v) is 11.8. The van der Waals surface area contributed by atoms with Gasteiger partial charge in [-0.15, -0.1) is 0 Å². The number of hydrogen-bond donors (Lipinski definition) is 0. The Labute approximate surface area is 218 Å². The van der Waals surface area contributed by atoms with Gasteiger partial charge in [0, 0.05) is 11.1 Å². The van der Waals surface area contributed by atoms with Gasteiger partial charge in [-0.25, -0.2) is 0 Å². The number of carbonyl (C=O) groups excluding carboxylic acids is 1. The Bertz CT molecular complexity index is 1250. The summed E-state index contributed by atoms with van der Waals surface area (Å²) in [6, 6.07) is 51.9. The Balaban J connectivity index is 0.00000289. The lowest BCUT2D eigenvalue weighted by molar-refractivity contribution is -0.0000144. The van der Waals surface area contributed by atoms with E-state index in [1.807, 2.05) is 66.7 Å². The normalized spacial score (nSPS) is 11.8. The summed E-state index contributed by atoms with van der Waals surface area (Å²) in [6.45, 7) is 0.